The van der Waals surface area contributed by atoms with Crippen molar-refractivity contribution < 1.29 is 0 Å². The molecule has 0 aliphatic rings. The van der Waals surface area contributed by atoms with Crippen LogP contribution < -0.4 is 5.32 Å². The summed E-state index contributed by atoms with van der Waals surface area (Å²) in [7, 11) is 0. The summed E-state index contributed by atoms with van der Waals surface area (Å²) < 4.78 is 2.15. The maximum atomic E-state index is 3.95. The van der Waals surface area contributed by atoms with Crippen molar-refractivity contribution in [2.24, 2.45) is 0 Å². The molecule has 0 saturated heterocycles. The van der Waals surface area contributed by atoms with Crippen molar-refractivity contribution in [1.29, 1.82) is 0 Å². The van der Waals surface area contributed by atoms with Gasteiger partial charge in [-0.25, -0.2) is 0 Å². The number of nitrogens with zero attached hydrogens (tertiary/aromatic N) is 1. The molecule has 1 heterocycles. The van der Waals surface area contributed by atoms with Gasteiger partial charge in [-0.15, -0.1) is 0 Å². The van der Waals surface area contributed by atoms with E-state index in [9.17, 15) is 0 Å². The Morgan fingerprint density at radius 2 is 2.18 bits per heavy atom. The van der Waals surface area contributed by atoms with Gasteiger partial charge in [0.05, 0.1) is 6.20 Å². The van der Waals surface area contributed by atoms with E-state index in [-0.39, 0.29) is 6.04 Å². The lowest BCUT2D eigenvalue weighted by atomic mass is 10.1. The average Bonchev–Trinajstić information content (AvgIpc) is 2.84. The van der Waals surface area contributed by atoms with E-state index < -0.39 is 0 Å². The zero-order chi connectivity index (χ0) is 12.3. The number of nitrogens with one attached hydrogen (secondary N) is 2. The second kappa shape index (κ2) is 5.80. The van der Waals surface area contributed by atoms with E-state index >= 15 is 0 Å². The largest absolute Gasteiger partial charge is 0.306 e. The standard InChI is InChI=1S/C12H13Br2N3/c1-8(10-6-16-17-7-10)15-5-9-2-3-11(13)12(14)4-9/h2-4,6-8,15H,5H2,1H3,(H,16,17). The average molecular weight is 359 g/mol. The molecule has 0 aliphatic heterocycles. The van der Waals surface area contributed by atoms with Crippen LogP contribution in [0.15, 0.2) is 39.5 Å². The fourth-order valence-electron chi connectivity index (χ4n) is 1.54. The number of hydrogen-bond acceptors (Lipinski definition) is 2. The summed E-state index contributed by atoms with van der Waals surface area (Å²) in [5.41, 5.74) is 2.41. The number of H-pyrrole nitrogens is 1. The predicted molar refractivity (Wildman–Crippen MR) is 75.7 cm³/mol. The number of rotatable bonds is 4. The van der Waals surface area contributed by atoms with Crippen LogP contribution in [-0.4, -0.2) is 10.2 Å². The summed E-state index contributed by atoms with van der Waals surface area (Å²) in [5.74, 6) is 0. The molecule has 0 saturated carbocycles. The Morgan fingerprint density at radius 3 is 2.82 bits per heavy atom. The van der Waals surface area contributed by atoms with Gasteiger partial charge < -0.3 is 5.32 Å². The smallest absolute Gasteiger partial charge is 0.0534 e. The van der Waals surface area contributed by atoms with E-state index in [2.05, 4.69) is 66.4 Å². The second-order valence-electron chi connectivity index (χ2n) is 3.88. The SMILES string of the molecule is CC(NCc1ccc(Br)c(Br)c1)c1cn[nH]c1. The van der Waals surface area contributed by atoms with Crippen LogP contribution in [-0.2, 0) is 6.54 Å². The van der Waals surface area contributed by atoms with Gasteiger partial charge in [-0.2, -0.15) is 5.10 Å². The highest BCUT2D eigenvalue weighted by atomic mass is 79.9. The van der Waals surface area contributed by atoms with Crippen molar-refractivity contribution >= 4 is 31.9 Å². The Balaban J connectivity index is 1.96. The zero-order valence-electron chi connectivity index (χ0n) is 9.37. The molecule has 0 amide bonds. The number of aromatic nitrogens is 2. The van der Waals surface area contributed by atoms with Crippen LogP contribution >= 0.6 is 31.9 Å². The highest BCUT2D eigenvalue weighted by Crippen LogP contribution is 2.24. The third-order valence-corrected chi connectivity index (χ3v) is 4.50. The summed E-state index contributed by atoms with van der Waals surface area (Å²) in [4.78, 5) is 0. The highest BCUT2D eigenvalue weighted by molar-refractivity contribution is 9.13. The molecule has 0 spiro atoms. The lowest BCUT2D eigenvalue weighted by Crippen LogP contribution is -2.17. The summed E-state index contributed by atoms with van der Waals surface area (Å²) in [6.45, 7) is 2.96. The Morgan fingerprint density at radius 1 is 1.35 bits per heavy atom. The second-order valence-corrected chi connectivity index (χ2v) is 5.59. The molecule has 0 radical (unpaired) electrons. The Labute approximate surface area is 117 Å². The van der Waals surface area contributed by atoms with Crippen molar-refractivity contribution in [2.75, 3.05) is 0 Å². The fourth-order valence-corrected chi connectivity index (χ4v) is 2.21. The Hall–Kier alpha value is -0.650. The van der Waals surface area contributed by atoms with Crippen molar-refractivity contribution in [1.82, 2.24) is 15.5 Å². The molecular weight excluding hydrogens is 346 g/mol. The first kappa shape index (κ1) is 12.8. The quantitative estimate of drug-likeness (QED) is 0.872. The van der Waals surface area contributed by atoms with Crippen LogP contribution in [0.2, 0.25) is 0 Å². The molecule has 2 aromatic rings. The molecule has 2 N–H and O–H groups in total. The molecule has 1 unspecified atom stereocenters. The first-order valence-electron chi connectivity index (χ1n) is 5.33. The summed E-state index contributed by atoms with van der Waals surface area (Å²) in [5, 5.41) is 10.2. The summed E-state index contributed by atoms with van der Waals surface area (Å²) >= 11 is 6.96. The number of hydrogen-bond donors (Lipinski definition) is 2. The van der Waals surface area contributed by atoms with Crippen LogP contribution in [0.25, 0.3) is 0 Å². The Kier molecular flexibility index (Phi) is 4.36. The third kappa shape index (κ3) is 3.40. The third-order valence-electron chi connectivity index (χ3n) is 2.62. The lowest BCUT2D eigenvalue weighted by molar-refractivity contribution is 0.575. The number of aromatic amines is 1. The molecule has 0 fully saturated rings. The first-order valence-corrected chi connectivity index (χ1v) is 6.91. The van der Waals surface area contributed by atoms with Gasteiger partial charge in [-0.3, -0.25) is 5.10 Å². The fraction of sp³-hybridized carbons (Fsp3) is 0.250. The van der Waals surface area contributed by atoms with E-state index in [4.69, 9.17) is 0 Å². The molecule has 1 aromatic carbocycles. The number of benzene rings is 1. The highest BCUT2D eigenvalue weighted by Gasteiger charge is 2.06. The molecular formula is C12H13Br2N3. The molecule has 0 bridgehead atoms. The predicted octanol–water partition coefficient (Wildman–Crippen LogP) is 3.79. The van der Waals surface area contributed by atoms with Crippen LogP contribution in [0.4, 0.5) is 0 Å². The first-order chi connectivity index (χ1) is 8.16. The Bertz CT molecular complexity index is 483. The van der Waals surface area contributed by atoms with Crippen molar-refractivity contribution in [2.45, 2.75) is 19.5 Å². The van der Waals surface area contributed by atoms with E-state index in [0.29, 0.717) is 0 Å². The topological polar surface area (TPSA) is 40.7 Å². The molecule has 90 valence electrons. The number of halogens is 2. The van der Waals surface area contributed by atoms with Gasteiger partial charge in [0.1, 0.15) is 0 Å². The van der Waals surface area contributed by atoms with Gasteiger partial charge in [0.25, 0.3) is 0 Å². The summed E-state index contributed by atoms with van der Waals surface area (Å²) in [6, 6.07) is 6.54. The van der Waals surface area contributed by atoms with Crippen LogP contribution in [0.3, 0.4) is 0 Å². The monoisotopic (exact) mass is 357 g/mol. The molecule has 5 heteroatoms. The molecule has 3 nitrogen and oxygen atoms in total. The maximum Gasteiger partial charge on any atom is 0.0534 e. The molecule has 17 heavy (non-hydrogen) atoms. The van der Waals surface area contributed by atoms with Crippen LogP contribution in [0.1, 0.15) is 24.1 Å². The van der Waals surface area contributed by atoms with Gasteiger partial charge >= 0.3 is 0 Å². The van der Waals surface area contributed by atoms with E-state index in [1.54, 1.807) is 0 Å². The van der Waals surface area contributed by atoms with Crippen LogP contribution in [0, 0.1) is 0 Å². The van der Waals surface area contributed by atoms with Crippen LogP contribution in [0.5, 0.6) is 0 Å². The van der Waals surface area contributed by atoms with E-state index in [1.807, 2.05) is 18.5 Å². The van der Waals surface area contributed by atoms with E-state index in [1.165, 1.54) is 11.1 Å². The minimum absolute atomic E-state index is 0.288. The summed E-state index contributed by atoms with van der Waals surface area (Å²) in [6.07, 6.45) is 3.75. The minimum Gasteiger partial charge on any atom is -0.306 e. The van der Waals surface area contributed by atoms with Gasteiger partial charge in [0.2, 0.25) is 0 Å². The van der Waals surface area contributed by atoms with Crippen molar-refractivity contribution in [3.63, 3.8) is 0 Å². The van der Waals surface area contributed by atoms with Crippen molar-refractivity contribution in [3.8, 4) is 0 Å². The molecule has 1 atom stereocenters. The van der Waals surface area contributed by atoms with E-state index in [0.717, 1.165) is 15.5 Å². The molecule has 1 aromatic heterocycles. The van der Waals surface area contributed by atoms with Gasteiger partial charge in [-0.05, 0) is 56.5 Å². The van der Waals surface area contributed by atoms with Crippen molar-refractivity contribution in [3.05, 3.63) is 50.7 Å². The minimum atomic E-state index is 0.288. The zero-order valence-corrected chi connectivity index (χ0v) is 12.5. The van der Waals surface area contributed by atoms with Gasteiger partial charge in [0.15, 0.2) is 0 Å². The van der Waals surface area contributed by atoms with Gasteiger partial charge in [-0.1, -0.05) is 6.07 Å². The lowest BCUT2D eigenvalue weighted by Gasteiger charge is -2.12. The normalized spacial score (nSPS) is 12.6. The molecule has 0 aliphatic carbocycles. The molecule has 2 rings (SSSR count). The van der Waals surface area contributed by atoms with Gasteiger partial charge in [0, 0.05) is 33.3 Å². The maximum absolute atomic E-state index is 3.95.